The Morgan fingerprint density at radius 2 is 2.05 bits per heavy atom. The van der Waals surface area contributed by atoms with Gasteiger partial charge in [0.15, 0.2) is 5.78 Å². The SMILES string of the molecule is CCC(=O)c1cccc(S(=O)(=O)NCC2CCOCC2)c1. The summed E-state index contributed by atoms with van der Waals surface area (Å²) in [7, 11) is -3.57. The molecule has 1 N–H and O–H groups in total. The van der Waals surface area contributed by atoms with Gasteiger partial charge < -0.3 is 4.74 Å². The number of sulfonamides is 1. The average Bonchev–Trinajstić information content (AvgIpc) is 2.53. The van der Waals surface area contributed by atoms with Crippen molar-refractivity contribution in [3.8, 4) is 0 Å². The second-order valence-electron chi connectivity index (χ2n) is 5.21. The third-order valence-corrected chi connectivity index (χ3v) is 5.11. The van der Waals surface area contributed by atoms with Crippen LogP contribution < -0.4 is 4.72 Å². The summed E-state index contributed by atoms with van der Waals surface area (Å²) in [4.78, 5) is 11.8. The maximum atomic E-state index is 12.3. The van der Waals surface area contributed by atoms with Gasteiger partial charge in [-0.3, -0.25) is 4.79 Å². The lowest BCUT2D eigenvalue weighted by molar-refractivity contribution is 0.0678. The molecule has 2 rings (SSSR count). The molecule has 0 aliphatic carbocycles. The summed E-state index contributed by atoms with van der Waals surface area (Å²) in [5.74, 6) is 0.255. The van der Waals surface area contributed by atoms with Crippen LogP contribution in [-0.2, 0) is 14.8 Å². The molecule has 1 saturated heterocycles. The monoisotopic (exact) mass is 311 g/mol. The highest BCUT2D eigenvalue weighted by atomic mass is 32.2. The van der Waals surface area contributed by atoms with Crippen molar-refractivity contribution in [2.24, 2.45) is 5.92 Å². The fourth-order valence-electron chi connectivity index (χ4n) is 2.30. The molecule has 1 aliphatic heterocycles. The maximum absolute atomic E-state index is 12.3. The molecule has 0 bridgehead atoms. The molecule has 1 fully saturated rings. The van der Waals surface area contributed by atoms with Crippen molar-refractivity contribution in [1.82, 2.24) is 4.72 Å². The van der Waals surface area contributed by atoms with E-state index in [1.807, 2.05) is 0 Å². The highest BCUT2D eigenvalue weighted by Crippen LogP contribution is 2.16. The summed E-state index contributed by atoms with van der Waals surface area (Å²) in [6, 6.07) is 6.20. The first kappa shape index (κ1) is 16.1. The Morgan fingerprint density at radius 3 is 2.71 bits per heavy atom. The van der Waals surface area contributed by atoms with E-state index in [0.29, 0.717) is 37.7 Å². The van der Waals surface area contributed by atoms with Crippen molar-refractivity contribution in [2.75, 3.05) is 19.8 Å². The van der Waals surface area contributed by atoms with E-state index >= 15 is 0 Å². The van der Waals surface area contributed by atoms with Crippen LogP contribution in [0.1, 0.15) is 36.5 Å². The van der Waals surface area contributed by atoms with Crippen molar-refractivity contribution in [2.45, 2.75) is 31.1 Å². The van der Waals surface area contributed by atoms with Crippen molar-refractivity contribution in [1.29, 1.82) is 0 Å². The third kappa shape index (κ3) is 4.36. The molecular weight excluding hydrogens is 290 g/mol. The van der Waals surface area contributed by atoms with Crippen LogP contribution in [0.4, 0.5) is 0 Å². The molecule has 0 atom stereocenters. The zero-order chi connectivity index (χ0) is 15.3. The second kappa shape index (κ2) is 7.15. The first-order valence-corrected chi connectivity index (χ1v) is 8.72. The lowest BCUT2D eigenvalue weighted by Gasteiger charge is -2.22. The number of hydrogen-bond acceptors (Lipinski definition) is 4. The number of ether oxygens (including phenoxy) is 1. The fourth-order valence-corrected chi connectivity index (χ4v) is 3.46. The van der Waals surface area contributed by atoms with Gasteiger partial charge >= 0.3 is 0 Å². The summed E-state index contributed by atoms with van der Waals surface area (Å²) in [5.41, 5.74) is 0.437. The molecule has 0 amide bonds. The van der Waals surface area contributed by atoms with Gasteiger partial charge in [0.2, 0.25) is 10.0 Å². The van der Waals surface area contributed by atoms with Crippen LogP contribution in [0, 0.1) is 5.92 Å². The molecule has 6 heteroatoms. The quantitative estimate of drug-likeness (QED) is 0.815. The number of Topliss-reactive ketones (excluding diaryl/α,β-unsaturated/α-hetero) is 1. The molecule has 1 aliphatic rings. The maximum Gasteiger partial charge on any atom is 0.240 e. The van der Waals surface area contributed by atoms with Crippen LogP contribution in [-0.4, -0.2) is 34.0 Å². The predicted molar refractivity (Wildman–Crippen MR) is 79.8 cm³/mol. The highest BCUT2D eigenvalue weighted by molar-refractivity contribution is 7.89. The second-order valence-corrected chi connectivity index (χ2v) is 6.98. The molecule has 0 radical (unpaired) electrons. The number of benzene rings is 1. The van der Waals surface area contributed by atoms with Crippen LogP contribution in [0.3, 0.4) is 0 Å². The number of carbonyl (C=O) groups is 1. The minimum absolute atomic E-state index is 0.0588. The largest absolute Gasteiger partial charge is 0.381 e. The van der Waals surface area contributed by atoms with E-state index in [-0.39, 0.29) is 10.7 Å². The summed E-state index contributed by atoms with van der Waals surface area (Å²) < 4.78 is 32.5. The Bertz CT molecular complexity index is 591. The number of carbonyl (C=O) groups excluding carboxylic acids is 1. The summed E-state index contributed by atoms with van der Waals surface area (Å²) in [6.07, 6.45) is 2.10. The zero-order valence-electron chi connectivity index (χ0n) is 12.2. The molecule has 5 nitrogen and oxygen atoms in total. The molecule has 0 saturated carbocycles. The Balaban J connectivity index is 2.06. The topological polar surface area (TPSA) is 72.5 Å². The molecule has 1 aromatic carbocycles. The van der Waals surface area contributed by atoms with Gasteiger partial charge in [-0.05, 0) is 30.9 Å². The van der Waals surface area contributed by atoms with E-state index in [0.717, 1.165) is 12.8 Å². The molecule has 116 valence electrons. The highest BCUT2D eigenvalue weighted by Gasteiger charge is 2.19. The normalized spacial score (nSPS) is 16.8. The summed E-state index contributed by atoms with van der Waals surface area (Å²) >= 11 is 0. The molecule has 1 heterocycles. The lowest BCUT2D eigenvalue weighted by Crippen LogP contribution is -2.32. The number of rotatable bonds is 6. The molecule has 1 aromatic rings. The Kier molecular flexibility index (Phi) is 5.50. The van der Waals surface area contributed by atoms with Gasteiger partial charge in [0, 0.05) is 31.7 Å². The van der Waals surface area contributed by atoms with E-state index in [9.17, 15) is 13.2 Å². The predicted octanol–water partition coefficient (Wildman–Crippen LogP) is 1.98. The summed E-state index contributed by atoms with van der Waals surface area (Å²) in [5, 5.41) is 0. The smallest absolute Gasteiger partial charge is 0.240 e. The van der Waals surface area contributed by atoms with Gasteiger partial charge in [-0.1, -0.05) is 19.1 Å². The van der Waals surface area contributed by atoms with Gasteiger partial charge in [0.25, 0.3) is 0 Å². The first-order chi connectivity index (χ1) is 10.0. The van der Waals surface area contributed by atoms with Gasteiger partial charge in [0.1, 0.15) is 0 Å². The minimum atomic E-state index is -3.57. The first-order valence-electron chi connectivity index (χ1n) is 7.23. The number of hydrogen-bond donors (Lipinski definition) is 1. The molecular formula is C15H21NO4S. The standard InChI is InChI=1S/C15H21NO4S/c1-2-15(17)13-4-3-5-14(10-13)21(18,19)16-11-12-6-8-20-9-7-12/h3-5,10,12,16H,2,6-9,11H2,1H3. The van der Waals surface area contributed by atoms with Gasteiger partial charge in [-0.25, -0.2) is 13.1 Å². The Morgan fingerprint density at radius 1 is 1.33 bits per heavy atom. The number of ketones is 1. The Labute approximate surface area is 125 Å². The van der Waals surface area contributed by atoms with Crippen molar-refractivity contribution >= 4 is 15.8 Å². The van der Waals surface area contributed by atoms with E-state index in [2.05, 4.69) is 4.72 Å². The number of nitrogens with one attached hydrogen (secondary N) is 1. The molecule has 0 unspecified atom stereocenters. The van der Waals surface area contributed by atoms with E-state index in [1.165, 1.54) is 12.1 Å². The molecule has 0 aromatic heterocycles. The Hall–Kier alpha value is -1.24. The van der Waals surface area contributed by atoms with Crippen LogP contribution in [0.2, 0.25) is 0 Å². The van der Waals surface area contributed by atoms with Crippen LogP contribution in [0.15, 0.2) is 29.2 Å². The van der Waals surface area contributed by atoms with E-state index in [4.69, 9.17) is 4.74 Å². The molecule has 0 spiro atoms. The van der Waals surface area contributed by atoms with Crippen molar-refractivity contribution in [3.05, 3.63) is 29.8 Å². The van der Waals surface area contributed by atoms with Crippen LogP contribution in [0.25, 0.3) is 0 Å². The van der Waals surface area contributed by atoms with Crippen molar-refractivity contribution < 1.29 is 17.9 Å². The lowest BCUT2D eigenvalue weighted by atomic mass is 10.0. The summed E-state index contributed by atoms with van der Waals surface area (Å²) in [6.45, 7) is 3.55. The molecule has 21 heavy (non-hydrogen) atoms. The van der Waals surface area contributed by atoms with Crippen LogP contribution >= 0.6 is 0 Å². The van der Waals surface area contributed by atoms with Gasteiger partial charge in [0.05, 0.1) is 4.90 Å². The van der Waals surface area contributed by atoms with Gasteiger partial charge in [-0.2, -0.15) is 0 Å². The fraction of sp³-hybridized carbons (Fsp3) is 0.533. The van der Waals surface area contributed by atoms with Crippen molar-refractivity contribution in [3.63, 3.8) is 0 Å². The minimum Gasteiger partial charge on any atom is -0.381 e. The van der Waals surface area contributed by atoms with E-state index in [1.54, 1.807) is 19.1 Å². The van der Waals surface area contributed by atoms with Crippen LogP contribution in [0.5, 0.6) is 0 Å². The average molecular weight is 311 g/mol. The third-order valence-electron chi connectivity index (χ3n) is 3.69. The zero-order valence-corrected chi connectivity index (χ0v) is 13.0. The van der Waals surface area contributed by atoms with E-state index < -0.39 is 10.0 Å². The van der Waals surface area contributed by atoms with Gasteiger partial charge in [-0.15, -0.1) is 0 Å².